The van der Waals surface area contributed by atoms with E-state index in [1.165, 1.54) is 0 Å². The highest BCUT2D eigenvalue weighted by Gasteiger charge is 2.07. The molecule has 0 saturated carbocycles. The molecule has 2 aromatic carbocycles. The number of rotatable bonds is 4. The SMILES string of the molecule is Clc1ccc(-c2cnc(COc3ccc4cn[nH]c4c3)o2)cc1. The van der Waals surface area contributed by atoms with Crippen molar-refractivity contribution in [2.75, 3.05) is 0 Å². The average molecular weight is 326 g/mol. The number of hydrogen-bond donors (Lipinski definition) is 1. The van der Waals surface area contributed by atoms with Crippen molar-refractivity contribution in [2.24, 2.45) is 0 Å². The Morgan fingerprint density at radius 1 is 1.09 bits per heavy atom. The fraction of sp³-hybridized carbons (Fsp3) is 0.0588. The zero-order valence-electron chi connectivity index (χ0n) is 12.0. The maximum Gasteiger partial charge on any atom is 0.232 e. The van der Waals surface area contributed by atoms with Gasteiger partial charge in [0.25, 0.3) is 0 Å². The number of hydrogen-bond acceptors (Lipinski definition) is 4. The molecule has 1 N–H and O–H groups in total. The van der Waals surface area contributed by atoms with Crippen LogP contribution in [0, 0.1) is 0 Å². The molecule has 0 unspecified atom stereocenters. The van der Waals surface area contributed by atoms with Gasteiger partial charge >= 0.3 is 0 Å². The predicted octanol–water partition coefficient (Wildman–Crippen LogP) is 4.45. The number of oxazole rings is 1. The topological polar surface area (TPSA) is 63.9 Å². The Hall–Kier alpha value is -2.79. The van der Waals surface area contributed by atoms with Gasteiger partial charge in [-0.2, -0.15) is 5.10 Å². The van der Waals surface area contributed by atoms with E-state index >= 15 is 0 Å². The number of fused-ring (bicyclic) bond motifs is 1. The van der Waals surface area contributed by atoms with Crippen molar-refractivity contribution in [3.05, 3.63) is 65.8 Å². The van der Waals surface area contributed by atoms with Gasteiger partial charge in [0.05, 0.1) is 17.9 Å². The summed E-state index contributed by atoms with van der Waals surface area (Å²) in [5.74, 6) is 1.93. The Balaban J connectivity index is 1.48. The Labute approximate surface area is 136 Å². The number of aromatic nitrogens is 3. The van der Waals surface area contributed by atoms with Crippen molar-refractivity contribution < 1.29 is 9.15 Å². The molecule has 0 saturated heterocycles. The molecule has 0 amide bonds. The van der Waals surface area contributed by atoms with Crippen molar-refractivity contribution >= 4 is 22.5 Å². The van der Waals surface area contributed by atoms with Crippen LogP contribution in [0.15, 0.2) is 59.3 Å². The quantitative estimate of drug-likeness (QED) is 0.602. The summed E-state index contributed by atoms with van der Waals surface area (Å²) in [6.07, 6.45) is 3.45. The van der Waals surface area contributed by atoms with E-state index in [9.17, 15) is 0 Å². The highest BCUT2D eigenvalue weighted by Crippen LogP contribution is 2.23. The molecule has 0 fully saturated rings. The molecule has 114 valence electrons. The van der Waals surface area contributed by atoms with E-state index in [-0.39, 0.29) is 6.61 Å². The second-order valence-electron chi connectivity index (χ2n) is 5.03. The Morgan fingerprint density at radius 3 is 2.83 bits per heavy atom. The first-order valence-electron chi connectivity index (χ1n) is 7.04. The molecule has 0 bridgehead atoms. The van der Waals surface area contributed by atoms with Crippen LogP contribution < -0.4 is 4.74 Å². The van der Waals surface area contributed by atoms with E-state index in [2.05, 4.69) is 15.2 Å². The molecule has 5 nitrogen and oxygen atoms in total. The molecule has 0 spiro atoms. The average Bonchev–Trinajstić information content (AvgIpc) is 3.22. The van der Waals surface area contributed by atoms with Gasteiger partial charge in [-0.1, -0.05) is 11.6 Å². The summed E-state index contributed by atoms with van der Waals surface area (Å²) in [6, 6.07) is 13.1. The van der Waals surface area contributed by atoms with Gasteiger partial charge in [-0.05, 0) is 36.4 Å². The minimum atomic E-state index is 0.257. The molecule has 0 aliphatic rings. The highest BCUT2D eigenvalue weighted by molar-refractivity contribution is 6.30. The summed E-state index contributed by atoms with van der Waals surface area (Å²) in [5.41, 5.74) is 1.85. The fourth-order valence-corrected chi connectivity index (χ4v) is 2.40. The first kappa shape index (κ1) is 13.8. The van der Waals surface area contributed by atoms with E-state index < -0.39 is 0 Å². The lowest BCUT2D eigenvalue weighted by atomic mass is 10.2. The van der Waals surface area contributed by atoms with Crippen LogP contribution in [0.2, 0.25) is 5.02 Å². The van der Waals surface area contributed by atoms with E-state index in [0.29, 0.717) is 16.7 Å². The number of benzene rings is 2. The largest absolute Gasteiger partial charge is 0.484 e. The number of nitrogens with zero attached hydrogens (tertiary/aromatic N) is 2. The summed E-state index contributed by atoms with van der Waals surface area (Å²) in [5, 5.41) is 8.62. The lowest BCUT2D eigenvalue weighted by molar-refractivity contribution is 0.265. The minimum Gasteiger partial charge on any atom is -0.484 e. The summed E-state index contributed by atoms with van der Waals surface area (Å²) in [6.45, 7) is 0.257. The molecule has 0 aliphatic heterocycles. The Kier molecular flexibility index (Phi) is 3.48. The molecule has 2 aromatic heterocycles. The highest BCUT2D eigenvalue weighted by atomic mass is 35.5. The summed E-state index contributed by atoms with van der Waals surface area (Å²) < 4.78 is 11.4. The van der Waals surface area contributed by atoms with Gasteiger partial charge in [-0.15, -0.1) is 0 Å². The van der Waals surface area contributed by atoms with E-state index in [1.54, 1.807) is 12.4 Å². The van der Waals surface area contributed by atoms with Crippen LogP contribution in [0.25, 0.3) is 22.2 Å². The molecule has 4 aromatic rings. The summed E-state index contributed by atoms with van der Waals surface area (Å²) in [4.78, 5) is 4.24. The molecule has 2 heterocycles. The third-order valence-corrected chi connectivity index (χ3v) is 3.71. The van der Waals surface area contributed by atoms with Gasteiger partial charge in [0.1, 0.15) is 5.75 Å². The number of halogens is 1. The van der Waals surface area contributed by atoms with Gasteiger partial charge in [-0.3, -0.25) is 5.10 Å². The zero-order chi connectivity index (χ0) is 15.6. The predicted molar refractivity (Wildman–Crippen MR) is 87.4 cm³/mol. The van der Waals surface area contributed by atoms with Crippen LogP contribution in [0.5, 0.6) is 5.75 Å². The van der Waals surface area contributed by atoms with E-state index in [4.69, 9.17) is 20.8 Å². The van der Waals surface area contributed by atoms with Crippen LogP contribution in [0.4, 0.5) is 0 Å². The molecule has 0 aliphatic carbocycles. The molecule has 0 atom stereocenters. The number of nitrogens with one attached hydrogen (secondary N) is 1. The first-order chi connectivity index (χ1) is 11.3. The Bertz CT molecular complexity index is 944. The molecule has 4 rings (SSSR count). The number of H-pyrrole nitrogens is 1. The van der Waals surface area contributed by atoms with E-state index in [1.807, 2.05) is 42.5 Å². The van der Waals surface area contributed by atoms with Crippen molar-refractivity contribution in [2.45, 2.75) is 6.61 Å². The number of aromatic amines is 1. The lowest BCUT2D eigenvalue weighted by Gasteiger charge is -2.03. The lowest BCUT2D eigenvalue weighted by Crippen LogP contribution is -1.95. The van der Waals surface area contributed by atoms with Gasteiger partial charge in [-0.25, -0.2) is 4.98 Å². The van der Waals surface area contributed by atoms with Crippen LogP contribution >= 0.6 is 11.6 Å². The van der Waals surface area contributed by atoms with Crippen LogP contribution in [-0.4, -0.2) is 15.2 Å². The van der Waals surface area contributed by atoms with Crippen molar-refractivity contribution in [1.82, 2.24) is 15.2 Å². The second-order valence-corrected chi connectivity index (χ2v) is 5.47. The van der Waals surface area contributed by atoms with E-state index in [0.717, 1.165) is 22.2 Å². The second kappa shape index (κ2) is 5.78. The monoisotopic (exact) mass is 325 g/mol. The van der Waals surface area contributed by atoms with Crippen molar-refractivity contribution in [3.63, 3.8) is 0 Å². The summed E-state index contributed by atoms with van der Waals surface area (Å²) in [7, 11) is 0. The van der Waals surface area contributed by atoms with Gasteiger partial charge in [0, 0.05) is 22.0 Å². The van der Waals surface area contributed by atoms with Crippen molar-refractivity contribution in [3.8, 4) is 17.1 Å². The zero-order valence-corrected chi connectivity index (χ0v) is 12.7. The first-order valence-corrected chi connectivity index (χ1v) is 7.42. The number of ether oxygens (including phenoxy) is 1. The standard InChI is InChI=1S/C17H12ClN3O2/c18-13-4-1-11(2-5-13)16-9-19-17(23-16)10-22-14-6-3-12-8-20-21-15(12)7-14/h1-9H,10H2,(H,20,21). The maximum atomic E-state index is 5.88. The fourth-order valence-electron chi connectivity index (χ4n) is 2.28. The molecule has 0 radical (unpaired) electrons. The minimum absolute atomic E-state index is 0.257. The summed E-state index contributed by atoms with van der Waals surface area (Å²) >= 11 is 5.88. The Morgan fingerprint density at radius 2 is 1.96 bits per heavy atom. The smallest absolute Gasteiger partial charge is 0.232 e. The third kappa shape index (κ3) is 2.91. The normalized spacial score (nSPS) is 11.0. The van der Waals surface area contributed by atoms with Crippen LogP contribution in [0.1, 0.15) is 5.89 Å². The van der Waals surface area contributed by atoms with Crippen molar-refractivity contribution in [1.29, 1.82) is 0 Å². The maximum absolute atomic E-state index is 5.88. The van der Waals surface area contributed by atoms with Gasteiger partial charge in [0.15, 0.2) is 12.4 Å². The van der Waals surface area contributed by atoms with Crippen LogP contribution in [0.3, 0.4) is 0 Å². The van der Waals surface area contributed by atoms with Crippen LogP contribution in [-0.2, 0) is 6.61 Å². The molecule has 23 heavy (non-hydrogen) atoms. The van der Waals surface area contributed by atoms with Gasteiger partial charge < -0.3 is 9.15 Å². The molecular formula is C17H12ClN3O2. The third-order valence-electron chi connectivity index (χ3n) is 3.46. The molecular weight excluding hydrogens is 314 g/mol. The van der Waals surface area contributed by atoms with Gasteiger partial charge in [0.2, 0.25) is 5.89 Å². The molecule has 6 heteroatoms.